The van der Waals surface area contributed by atoms with Crippen LogP contribution in [0.5, 0.6) is 0 Å². The summed E-state index contributed by atoms with van der Waals surface area (Å²) in [4.78, 5) is 12.3. The highest BCUT2D eigenvalue weighted by Crippen LogP contribution is 2.27. The van der Waals surface area contributed by atoms with Crippen LogP contribution in [0.4, 0.5) is 13.2 Å². The van der Waals surface area contributed by atoms with Gasteiger partial charge in [-0.3, -0.25) is 4.79 Å². The summed E-state index contributed by atoms with van der Waals surface area (Å²) >= 11 is 1.03. The number of carbonyl (C=O) groups is 1. The molecule has 0 saturated carbocycles. The highest BCUT2D eigenvalue weighted by molar-refractivity contribution is 7.91. The largest absolute Gasteiger partial charge is 0.411 e. The molecule has 0 spiro atoms. The first kappa shape index (κ1) is 20.1. The van der Waals surface area contributed by atoms with E-state index in [1.807, 2.05) is 0 Å². The van der Waals surface area contributed by atoms with E-state index in [1.54, 1.807) is 6.07 Å². The fourth-order valence-corrected chi connectivity index (χ4v) is 5.34. The number of hydrogen-bond acceptors (Lipinski definition) is 5. The number of nitrogens with zero attached hydrogens (tertiary/aromatic N) is 1. The monoisotopic (exact) mass is 400 g/mol. The SMILES string of the molecule is O=C(Cc1ccc(S(=O)(=O)N2CCCC2)s1)NCCOCC(F)(F)F. The summed E-state index contributed by atoms with van der Waals surface area (Å²) in [5, 5.41) is 2.44. The van der Waals surface area contributed by atoms with Crippen LogP contribution in [0, 0.1) is 0 Å². The predicted molar refractivity (Wildman–Crippen MR) is 85.9 cm³/mol. The summed E-state index contributed by atoms with van der Waals surface area (Å²) in [6.07, 6.45) is -2.73. The van der Waals surface area contributed by atoms with Crippen LogP contribution in [0.1, 0.15) is 17.7 Å². The maximum atomic E-state index is 12.4. The number of nitrogens with one attached hydrogen (secondary N) is 1. The van der Waals surface area contributed by atoms with E-state index in [-0.39, 0.29) is 23.8 Å². The topological polar surface area (TPSA) is 75.7 Å². The van der Waals surface area contributed by atoms with Crippen molar-refractivity contribution in [2.24, 2.45) is 0 Å². The number of alkyl halides is 3. The minimum absolute atomic E-state index is 0.0283. The molecule has 1 aliphatic heterocycles. The number of hydrogen-bond donors (Lipinski definition) is 1. The molecule has 1 aromatic heterocycles. The lowest BCUT2D eigenvalue weighted by Crippen LogP contribution is -2.29. The van der Waals surface area contributed by atoms with Gasteiger partial charge in [-0.25, -0.2) is 8.42 Å². The summed E-state index contributed by atoms with van der Waals surface area (Å²) in [7, 11) is -3.50. The number of sulfonamides is 1. The number of ether oxygens (including phenoxy) is 1. The van der Waals surface area contributed by atoms with E-state index >= 15 is 0 Å². The minimum atomic E-state index is -4.39. The van der Waals surface area contributed by atoms with Crippen molar-refractivity contribution >= 4 is 27.3 Å². The molecule has 2 rings (SSSR count). The third kappa shape index (κ3) is 6.24. The number of amides is 1. The van der Waals surface area contributed by atoms with Crippen LogP contribution in [-0.2, 0) is 26.0 Å². The molecule has 1 aromatic rings. The first-order chi connectivity index (χ1) is 11.7. The van der Waals surface area contributed by atoms with Crippen molar-refractivity contribution in [3.63, 3.8) is 0 Å². The maximum absolute atomic E-state index is 12.4. The first-order valence-corrected chi connectivity index (χ1v) is 9.94. The van der Waals surface area contributed by atoms with E-state index in [1.165, 1.54) is 10.4 Å². The third-order valence-electron chi connectivity index (χ3n) is 3.47. The number of carbonyl (C=O) groups excluding carboxylic acids is 1. The van der Waals surface area contributed by atoms with Gasteiger partial charge in [0.05, 0.1) is 13.0 Å². The van der Waals surface area contributed by atoms with E-state index in [0.717, 1.165) is 24.2 Å². The Balaban J connectivity index is 1.77. The fraction of sp³-hybridized carbons (Fsp3) is 0.643. The van der Waals surface area contributed by atoms with Crippen LogP contribution >= 0.6 is 11.3 Å². The van der Waals surface area contributed by atoms with E-state index in [2.05, 4.69) is 10.1 Å². The molecule has 1 aliphatic rings. The Labute approximate surface area is 148 Å². The lowest BCUT2D eigenvalue weighted by molar-refractivity contribution is -0.173. The van der Waals surface area contributed by atoms with Gasteiger partial charge in [0.2, 0.25) is 5.91 Å². The number of halogens is 3. The summed E-state index contributed by atoms with van der Waals surface area (Å²) in [6.45, 7) is -0.628. The van der Waals surface area contributed by atoms with Crippen molar-refractivity contribution in [2.45, 2.75) is 29.6 Å². The summed E-state index contributed by atoms with van der Waals surface area (Å²) < 4.78 is 66.4. The predicted octanol–water partition coefficient (Wildman–Crippen LogP) is 1.77. The molecule has 2 heterocycles. The average Bonchev–Trinajstić information content (AvgIpc) is 3.17. The van der Waals surface area contributed by atoms with Crippen LogP contribution in [0.15, 0.2) is 16.3 Å². The van der Waals surface area contributed by atoms with Gasteiger partial charge in [-0.05, 0) is 25.0 Å². The minimum Gasteiger partial charge on any atom is -0.370 e. The molecule has 0 bridgehead atoms. The van der Waals surface area contributed by atoms with Crippen molar-refractivity contribution in [3.8, 4) is 0 Å². The van der Waals surface area contributed by atoms with Gasteiger partial charge < -0.3 is 10.1 Å². The lowest BCUT2D eigenvalue weighted by atomic mass is 10.3. The Morgan fingerprint density at radius 2 is 1.96 bits per heavy atom. The van der Waals surface area contributed by atoms with Gasteiger partial charge in [-0.15, -0.1) is 11.3 Å². The van der Waals surface area contributed by atoms with Gasteiger partial charge >= 0.3 is 6.18 Å². The molecule has 0 aromatic carbocycles. The van der Waals surface area contributed by atoms with Gasteiger partial charge in [0.1, 0.15) is 10.8 Å². The standard InChI is InChI=1S/C14H19F3N2O4S2/c15-14(16,17)10-23-8-5-18-12(20)9-11-3-4-13(24-11)25(21,22)19-6-1-2-7-19/h3-4H,1-2,5-10H2,(H,18,20). The first-order valence-electron chi connectivity index (χ1n) is 7.68. The average molecular weight is 400 g/mol. The number of rotatable bonds is 8. The second-order valence-corrected chi connectivity index (χ2v) is 8.86. The zero-order chi connectivity index (χ0) is 18.5. The molecule has 0 unspecified atom stereocenters. The Morgan fingerprint density at radius 1 is 1.28 bits per heavy atom. The molecule has 6 nitrogen and oxygen atoms in total. The molecular weight excluding hydrogens is 381 g/mol. The van der Waals surface area contributed by atoms with Gasteiger partial charge in [0.15, 0.2) is 0 Å². The Bertz CT molecular complexity index is 682. The third-order valence-corrected chi connectivity index (χ3v) is 6.92. The quantitative estimate of drug-likeness (QED) is 0.675. The molecule has 1 saturated heterocycles. The van der Waals surface area contributed by atoms with Gasteiger partial charge in [0.25, 0.3) is 10.0 Å². The normalized spacial score (nSPS) is 16.3. The second-order valence-electron chi connectivity index (χ2n) is 5.53. The zero-order valence-electron chi connectivity index (χ0n) is 13.3. The van der Waals surface area contributed by atoms with Crippen molar-refractivity contribution in [2.75, 3.05) is 32.8 Å². The molecule has 0 aliphatic carbocycles. The molecule has 0 radical (unpaired) electrons. The van der Waals surface area contributed by atoms with Gasteiger partial charge in [-0.1, -0.05) is 0 Å². The number of thiophene rings is 1. The highest BCUT2D eigenvalue weighted by atomic mass is 32.2. The van der Waals surface area contributed by atoms with Crippen LogP contribution < -0.4 is 5.32 Å². The molecule has 0 atom stereocenters. The second kappa shape index (κ2) is 8.47. The van der Waals surface area contributed by atoms with Crippen molar-refractivity contribution in [1.29, 1.82) is 0 Å². The van der Waals surface area contributed by atoms with Gasteiger partial charge in [0, 0.05) is 24.5 Å². The van der Waals surface area contributed by atoms with Crippen LogP contribution in [0.3, 0.4) is 0 Å². The van der Waals surface area contributed by atoms with E-state index in [9.17, 15) is 26.4 Å². The van der Waals surface area contributed by atoms with Crippen molar-refractivity contribution in [1.82, 2.24) is 9.62 Å². The summed E-state index contributed by atoms with van der Waals surface area (Å²) in [6, 6.07) is 3.06. The molecule has 1 fully saturated rings. The smallest absolute Gasteiger partial charge is 0.370 e. The Morgan fingerprint density at radius 3 is 2.60 bits per heavy atom. The van der Waals surface area contributed by atoms with Crippen LogP contribution in [-0.4, -0.2) is 57.7 Å². The molecule has 25 heavy (non-hydrogen) atoms. The van der Waals surface area contributed by atoms with Crippen molar-refractivity contribution < 1.29 is 31.1 Å². The Kier molecular flexibility index (Phi) is 6.83. The molecular formula is C14H19F3N2O4S2. The Hall–Kier alpha value is -1.17. The van der Waals surface area contributed by atoms with E-state index in [4.69, 9.17) is 0 Å². The van der Waals surface area contributed by atoms with Crippen LogP contribution in [0.2, 0.25) is 0 Å². The zero-order valence-corrected chi connectivity index (χ0v) is 15.0. The fourth-order valence-electron chi connectivity index (χ4n) is 2.32. The van der Waals surface area contributed by atoms with Crippen molar-refractivity contribution in [3.05, 3.63) is 17.0 Å². The molecule has 11 heteroatoms. The molecule has 142 valence electrons. The summed E-state index contributed by atoms with van der Waals surface area (Å²) in [5.41, 5.74) is 0. The summed E-state index contributed by atoms with van der Waals surface area (Å²) in [5.74, 6) is -0.400. The lowest BCUT2D eigenvalue weighted by Gasteiger charge is -2.13. The van der Waals surface area contributed by atoms with E-state index in [0.29, 0.717) is 18.0 Å². The van der Waals surface area contributed by atoms with E-state index < -0.39 is 28.7 Å². The van der Waals surface area contributed by atoms with Crippen LogP contribution in [0.25, 0.3) is 0 Å². The van der Waals surface area contributed by atoms with Gasteiger partial charge in [-0.2, -0.15) is 17.5 Å². The molecule has 1 N–H and O–H groups in total. The highest BCUT2D eigenvalue weighted by Gasteiger charge is 2.29. The molecule has 1 amide bonds. The maximum Gasteiger partial charge on any atom is 0.411 e.